The number of carbonyl (C=O) groups is 2. The number of fused-ring (bicyclic) bond motifs is 1. The highest BCUT2D eigenvalue weighted by Gasteiger charge is 2.29. The van der Waals surface area contributed by atoms with E-state index < -0.39 is 11.7 Å². The van der Waals surface area contributed by atoms with Crippen LogP contribution in [-0.2, 0) is 16.8 Å². The number of amides is 2. The van der Waals surface area contributed by atoms with Crippen LogP contribution in [0, 0.1) is 5.82 Å². The Kier molecular flexibility index (Phi) is 8.24. The normalized spacial score (nSPS) is 17.4. The van der Waals surface area contributed by atoms with Gasteiger partial charge in [-0.05, 0) is 49.4 Å². The third-order valence-electron chi connectivity index (χ3n) is 7.56. The zero-order chi connectivity index (χ0) is 30.0. The van der Waals surface area contributed by atoms with Gasteiger partial charge in [0.25, 0.3) is 0 Å². The summed E-state index contributed by atoms with van der Waals surface area (Å²) in [4.78, 5) is 35.7. The highest BCUT2D eigenvalue weighted by Crippen LogP contribution is 2.33. The van der Waals surface area contributed by atoms with Gasteiger partial charge < -0.3 is 20.1 Å². The molecule has 42 heavy (non-hydrogen) atoms. The van der Waals surface area contributed by atoms with Gasteiger partial charge in [-0.3, -0.25) is 14.7 Å². The standard InChI is InChI=1S/C30H37FN8O3/c1-6-7-23(40)39-16-20(11-8-17(39)2)34-26-24-21(12-13-32-25(24)36-37-26)18-9-10-19(22(31)14-18)15-33-27(41)28-35-29(38-42-28)30(3,4)5/h9-10,12-14,17,20H,6-8,11,15-16H2,1-5H3,(H,33,41)(H2,32,34,36,37)/t17-,20+/m0/s1. The number of piperidine rings is 1. The first-order valence-corrected chi connectivity index (χ1v) is 14.4. The fourth-order valence-electron chi connectivity index (χ4n) is 5.15. The number of halogens is 1. The molecule has 0 bridgehead atoms. The fourth-order valence-corrected chi connectivity index (χ4v) is 5.15. The van der Waals surface area contributed by atoms with Gasteiger partial charge in [-0.15, -0.1) is 0 Å². The van der Waals surface area contributed by atoms with Crippen molar-refractivity contribution in [2.24, 2.45) is 0 Å². The van der Waals surface area contributed by atoms with Crippen molar-refractivity contribution >= 4 is 28.7 Å². The number of hydrogen-bond donors (Lipinski definition) is 3. The number of aromatic nitrogens is 5. The van der Waals surface area contributed by atoms with Crippen molar-refractivity contribution in [1.29, 1.82) is 0 Å². The van der Waals surface area contributed by atoms with E-state index in [1.807, 2.05) is 38.7 Å². The molecule has 0 saturated carbocycles. The van der Waals surface area contributed by atoms with E-state index in [4.69, 9.17) is 4.52 Å². The average Bonchev–Trinajstić information content (AvgIpc) is 3.62. The van der Waals surface area contributed by atoms with Gasteiger partial charge in [0.2, 0.25) is 5.91 Å². The Bertz CT molecular complexity index is 1590. The summed E-state index contributed by atoms with van der Waals surface area (Å²) in [6, 6.07) is 6.93. The second-order valence-electron chi connectivity index (χ2n) is 11.9. The minimum absolute atomic E-state index is 0.0302. The largest absolute Gasteiger partial charge is 0.364 e. The highest BCUT2D eigenvalue weighted by atomic mass is 19.1. The van der Waals surface area contributed by atoms with Crippen molar-refractivity contribution < 1.29 is 18.5 Å². The first kappa shape index (κ1) is 29.2. The molecule has 2 atom stereocenters. The van der Waals surface area contributed by atoms with E-state index in [0.29, 0.717) is 41.4 Å². The van der Waals surface area contributed by atoms with Crippen LogP contribution in [0.15, 0.2) is 35.0 Å². The molecule has 4 aromatic rings. The van der Waals surface area contributed by atoms with E-state index in [1.54, 1.807) is 18.3 Å². The number of likely N-dealkylation sites (tertiary alicyclic amines) is 1. The summed E-state index contributed by atoms with van der Waals surface area (Å²) < 4.78 is 20.3. The molecule has 5 rings (SSSR count). The quantitative estimate of drug-likeness (QED) is 0.267. The second-order valence-corrected chi connectivity index (χ2v) is 11.9. The molecule has 3 N–H and O–H groups in total. The molecule has 1 fully saturated rings. The van der Waals surface area contributed by atoms with Crippen molar-refractivity contribution in [1.82, 2.24) is 35.5 Å². The zero-order valence-electron chi connectivity index (χ0n) is 24.6. The van der Waals surface area contributed by atoms with E-state index >= 15 is 4.39 Å². The first-order valence-electron chi connectivity index (χ1n) is 14.4. The molecule has 0 spiro atoms. The number of carbonyl (C=O) groups excluding carboxylic acids is 2. The Hall–Kier alpha value is -4.35. The van der Waals surface area contributed by atoms with E-state index in [0.717, 1.165) is 30.2 Å². The van der Waals surface area contributed by atoms with Crippen LogP contribution in [0.2, 0.25) is 0 Å². The van der Waals surface area contributed by atoms with Crippen LogP contribution in [0.25, 0.3) is 22.2 Å². The zero-order valence-corrected chi connectivity index (χ0v) is 24.6. The predicted molar refractivity (Wildman–Crippen MR) is 156 cm³/mol. The van der Waals surface area contributed by atoms with Gasteiger partial charge in [0, 0.05) is 48.8 Å². The number of nitrogens with one attached hydrogen (secondary N) is 3. The van der Waals surface area contributed by atoms with Crippen molar-refractivity contribution in [3.8, 4) is 11.1 Å². The summed E-state index contributed by atoms with van der Waals surface area (Å²) in [5, 5.41) is 18.2. The smallest absolute Gasteiger partial charge is 0.315 e. The minimum Gasteiger partial charge on any atom is -0.364 e. The maximum atomic E-state index is 15.3. The molecule has 1 aliphatic heterocycles. The summed E-state index contributed by atoms with van der Waals surface area (Å²) in [5.74, 6) is -0.00561. The summed E-state index contributed by atoms with van der Waals surface area (Å²) in [5.41, 5.74) is 1.92. The second kappa shape index (κ2) is 11.9. The highest BCUT2D eigenvalue weighted by molar-refractivity contribution is 6.00. The number of nitrogens with zero attached hydrogens (tertiary/aromatic N) is 5. The number of aromatic amines is 1. The molecule has 3 aromatic heterocycles. The van der Waals surface area contributed by atoms with Gasteiger partial charge in [-0.2, -0.15) is 10.1 Å². The number of hydrogen-bond acceptors (Lipinski definition) is 8. The van der Waals surface area contributed by atoms with E-state index in [-0.39, 0.29) is 35.8 Å². The van der Waals surface area contributed by atoms with Crippen LogP contribution >= 0.6 is 0 Å². The van der Waals surface area contributed by atoms with Gasteiger partial charge in [0.05, 0.1) is 5.39 Å². The Morgan fingerprint density at radius 1 is 1.21 bits per heavy atom. The average molecular weight is 577 g/mol. The molecule has 0 unspecified atom stereocenters. The van der Waals surface area contributed by atoms with Crippen LogP contribution in [0.4, 0.5) is 10.2 Å². The van der Waals surface area contributed by atoms with Crippen LogP contribution in [-0.4, -0.2) is 60.7 Å². The lowest BCUT2D eigenvalue weighted by atomic mass is 9.96. The lowest BCUT2D eigenvalue weighted by molar-refractivity contribution is -0.134. The molecule has 0 radical (unpaired) electrons. The van der Waals surface area contributed by atoms with Crippen LogP contribution in [0.1, 0.15) is 82.4 Å². The van der Waals surface area contributed by atoms with E-state index in [2.05, 4.69) is 42.9 Å². The molecular formula is C30H37FN8O3. The molecule has 2 amide bonds. The Balaban J connectivity index is 1.32. The van der Waals surface area contributed by atoms with Crippen molar-refractivity contribution in [2.75, 3.05) is 11.9 Å². The summed E-state index contributed by atoms with van der Waals surface area (Å²) >= 11 is 0. The van der Waals surface area contributed by atoms with Crippen LogP contribution in [0.5, 0.6) is 0 Å². The fraction of sp³-hybridized carbons (Fsp3) is 0.467. The monoisotopic (exact) mass is 576 g/mol. The number of benzene rings is 1. The van der Waals surface area contributed by atoms with Gasteiger partial charge in [-0.25, -0.2) is 9.37 Å². The maximum absolute atomic E-state index is 15.3. The van der Waals surface area contributed by atoms with Gasteiger partial charge in [-0.1, -0.05) is 45.0 Å². The lowest BCUT2D eigenvalue weighted by Gasteiger charge is -2.38. The molecule has 11 nitrogen and oxygen atoms in total. The molecular weight excluding hydrogens is 539 g/mol. The maximum Gasteiger partial charge on any atom is 0.315 e. The molecule has 12 heteroatoms. The van der Waals surface area contributed by atoms with Crippen LogP contribution in [0.3, 0.4) is 0 Å². The Morgan fingerprint density at radius 2 is 2.02 bits per heavy atom. The van der Waals surface area contributed by atoms with E-state index in [1.165, 1.54) is 6.07 Å². The van der Waals surface area contributed by atoms with Crippen LogP contribution < -0.4 is 10.6 Å². The first-order chi connectivity index (χ1) is 20.0. The molecule has 1 aliphatic rings. The summed E-state index contributed by atoms with van der Waals surface area (Å²) in [6.07, 6.45) is 4.80. The van der Waals surface area contributed by atoms with E-state index in [9.17, 15) is 9.59 Å². The minimum atomic E-state index is -0.571. The lowest BCUT2D eigenvalue weighted by Crippen LogP contribution is -2.49. The molecule has 222 valence electrons. The number of pyridine rings is 1. The molecule has 1 saturated heterocycles. The number of anilines is 1. The molecule has 0 aliphatic carbocycles. The SMILES string of the molecule is CCCC(=O)N1C[C@H](Nc2n[nH]c3nccc(-c4ccc(CNC(=O)c5nc(C(C)(C)C)no5)c(F)c4)c23)CC[C@@H]1C. The summed E-state index contributed by atoms with van der Waals surface area (Å²) in [6.45, 7) is 10.4. The van der Waals surface area contributed by atoms with Gasteiger partial charge in [0.1, 0.15) is 5.82 Å². The van der Waals surface area contributed by atoms with Gasteiger partial charge >= 0.3 is 11.8 Å². The number of H-pyrrole nitrogens is 1. The Morgan fingerprint density at radius 3 is 2.74 bits per heavy atom. The van der Waals surface area contributed by atoms with Gasteiger partial charge in [0.15, 0.2) is 17.3 Å². The predicted octanol–water partition coefficient (Wildman–Crippen LogP) is 4.97. The summed E-state index contributed by atoms with van der Waals surface area (Å²) in [7, 11) is 0. The van der Waals surface area contributed by atoms with Crippen molar-refractivity contribution in [2.45, 2.75) is 84.3 Å². The van der Waals surface area contributed by atoms with Crippen molar-refractivity contribution in [3.63, 3.8) is 0 Å². The van der Waals surface area contributed by atoms with Crippen molar-refractivity contribution in [3.05, 3.63) is 53.6 Å². The third kappa shape index (κ3) is 6.12. The topological polar surface area (TPSA) is 142 Å². The molecule has 1 aromatic carbocycles. The molecule has 4 heterocycles. The Labute approximate surface area is 243 Å². The number of rotatable bonds is 8. The third-order valence-corrected chi connectivity index (χ3v) is 7.56.